The molecule has 4 nitrogen and oxygen atoms in total. The second-order valence-electron chi connectivity index (χ2n) is 5.78. The number of carbonyl (C=O) groups is 1. The number of nitrogens with zero attached hydrogens (tertiary/aromatic N) is 1. The molecule has 0 aliphatic rings. The van der Waals surface area contributed by atoms with E-state index in [0.717, 1.165) is 16.3 Å². The van der Waals surface area contributed by atoms with Gasteiger partial charge in [0.25, 0.3) is 0 Å². The summed E-state index contributed by atoms with van der Waals surface area (Å²) in [6.07, 6.45) is 0.285. The standard InChI is InChI=1S/C16H20ClN3OS/c1-16(2,11-3-5-12(17)6-4-11)10-19-14(21)7-13-9-22-15(8-18)20-13/h3-6,9H,7-8,10,18H2,1-2H3,(H,19,21). The molecule has 1 heterocycles. The van der Waals surface area contributed by atoms with Crippen molar-refractivity contribution in [2.45, 2.75) is 32.2 Å². The fraction of sp³-hybridized carbons (Fsp3) is 0.375. The van der Waals surface area contributed by atoms with Crippen LogP contribution in [-0.2, 0) is 23.2 Å². The number of carbonyl (C=O) groups excluding carboxylic acids is 1. The number of nitrogens with one attached hydrogen (secondary N) is 1. The number of hydrogen-bond acceptors (Lipinski definition) is 4. The summed E-state index contributed by atoms with van der Waals surface area (Å²) in [5.74, 6) is -0.0316. The van der Waals surface area contributed by atoms with Crippen molar-refractivity contribution in [1.29, 1.82) is 0 Å². The van der Waals surface area contributed by atoms with Gasteiger partial charge >= 0.3 is 0 Å². The van der Waals surface area contributed by atoms with Crippen LogP contribution in [0.5, 0.6) is 0 Å². The summed E-state index contributed by atoms with van der Waals surface area (Å²) in [5.41, 5.74) is 7.27. The van der Waals surface area contributed by atoms with Crippen LogP contribution in [0.25, 0.3) is 0 Å². The lowest BCUT2D eigenvalue weighted by molar-refractivity contribution is -0.120. The van der Waals surface area contributed by atoms with Gasteiger partial charge in [-0.15, -0.1) is 11.3 Å². The number of halogens is 1. The minimum Gasteiger partial charge on any atom is -0.355 e. The maximum Gasteiger partial charge on any atom is 0.226 e. The first-order valence-electron chi connectivity index (χ1n) is 7.07. The van der Waals surface area contributed by atoms with E-state index in [4.69, 9.17) is 17.3 Å². The lowest BCUT2D eigenvalue weighted by Crippen LogP contribution is -2.37. The molecule has 0 atom stereocenters. The van der Waals surface area contributed by atoms with Crippen LogP contribution in [0.4, 0.5) is 0 Å². The van der Waals surface area contributed by atoms with Crippen molar-refractivity contribution in [3.8, 4) is 0 Å². The third-order valence-corrected chi connectivity index (χ3v) is 4.64. The van der Waals surface area contributed by atoms with E-state index in [1.54, 1.807) is 0 Å². The van der Waals surface area contributed by atoms with E-state index in [0.29, 0.717) is 18.1 Å². The Balaban J connectivity index is 1.90. The molecule has 0 bridgehead atoms. The lowest BCUT2D eigenvalue weighted by atomic mass is 9.84. The van der Waals surface area contributed by atoms with E-state index in [1.807, 2.05) is 29.6 Å². The van der Waals surface area contributed by atoms with E-state index in [-0.39, 0.29) is 17.7 Å². The van der Waals surface area contributed by atoms with Crippen molar-refractivity contribution in [3.05, 3.63) is 50.9 Å². The highest BCUT2D eigenvalue weighted by Crippen LogP contribution is 2.23. The van der Waals surface area contributed by atoms with Gasteiger partial charge in [0.1, 0.15) is 5.01 Å². The fourth-order valence-corrected chi connectivity index (χ4v) is 2.87. The Kier molecular flexibility index (Phi) is 5.56. The molecule has 1 amide bonds. The van der Waals surface area contributed by atoms with Gasteiger partial charge in [-0.3, -0.25) is 4.79 Å². The van der Waals surface area contributed by atoms with Crippen LogP contribution in [0, 0.1) is 0 Å². The molecule has 0 saturated carbocycles. The SMILES string of the molecule is CC(C)(CNC(=O)Cc1csc(CN)n1)c1ccc(Cl)cc1. The summed E-state index contributed by atoms with van der Waals surface area (Å²) < 4.78 is 0. The minimum absolute atomic E-state index is 0.0316. The first kappa shape index (κ1) is 16.9. The molecule has 0 unspecified atom stereocenters. The quantitative estimate of drug-likeness (QED) is 0.851. The zero-order valence-electron chi connectivity index (χ0n) is 12.7. The Morgan fingerprint density at radius 3 is 2.64 bits per heavy atom. The van der Waals surface area contributed by atoms with E-state index >= 15 is 0 Å². The first-order chi connectivity index (χ1) is 10.4. The van der Waals surface area contributed by atoms with Gasteiger partial charge in [-0.25, -0.2) is 4.98 Å². The third kappa shape index (κ3) is 4.53. The predicted molar refractivity (Wildman–Crippen MR) is 91.2 cm³/mol. The maximum atomic E-state index is 12.0. The summed E-state index contributed by atoms with van der Waals surface area (Å²) in [6.45, 7) is 5.15. The van der Waals surface area contributed by atoms with Gasteiger partial charge in [-0.2, -0.15) is 0 Å². The van der Waals surface area contributed by atoms with Crippen LogP contribution in [0.1, 0.15) is 30.1 Å². The molecule has 2 rings (SSSR count). The summed E-state index contributed by atoms with van der Waals surface area (Å²) >= 11 is 7.39. The number of nitrogens with two attached hydrogens (primary N) is 1. The number of benzene rings is 1. The van der Waals surface area contributed by atoms with Gasteiger partial charge in [-0.1, -0.05) is 37.6 Å². The van der Waals surface area contributed by atoms with Gasteiger partial charge in [-0.05, 0) is 17.7 Å². The molecule has 118 valence electrons. The molecule has 0 aliphatic heterocycles. The Hall–Kier alpha value is -1.43. The van der Waals surface area contributed by atoms with E-state index in [1.165, 1.54) is 11.3 Å². The van der Waals surface area contributed by atoms with Crippen molar-refractivity contribution in [2.24, 2.45) is 5.73 Å². The summed E-state index contributed by atoms with van der Waals surface area (Å²) in [4.78, 5) is 16.3. The fourth-order valence-electron chi connectivity index (χ4n) is 2.07. The topological polar surface area (TPSA) is 68.0 Å². The Labute approximate surface area is 139 Å². The monoisotopic (exact) mass is 337 g/mol. The zero-order chi connectivity index (χ0) is 16.2. The number of thiazole rings is 1. The van der Waals surface area contributed by atoms with Crippen molar-refractivity contribution in [3.63, 3.8) is 0 Å². The van der Waals surface area contributed by atoms with Crippen LogP contribution in [-0.4, -0.2) is 17.4 Å². The molecule has 3 N–H and O–H groups in total. The average molecular weight is 338 g/mol. The van der Waals surface area contributed by atoms with Crippen LogP contribution < -0.4 is 11.1 Å². The molecule has 22 heavy (non-hydrogen) atoms. The third-order valence-electron chi connectivity index (χ3n) is 3.47. The second-order valence-corrected chi connectivity index (χ2v) is 7.16. The largest absolute Gasteiger partial charge is 0.355 e. The van der Waals surface area contributed by atoms with Crippen molar-refractivity contribution < 1.29 is 4.79 Å². The average Bonchev–Trinajstić information content (AvgIpc) is 2.93. The van der Waals surface area contributed by atoms with Gasteiger partial charge in [0.05, 0.1) is 12.1 Å². The van der Waals surface area contributed by atoms with E-state index in [9.17, 15) is 4.79 Å². The molecular formula is C16H20ClN3OS. The highest BCUT2D eigenvalue weighted by Gasteiger charge is 2.21. The predicted octanol–water partition coefficient (Wildman–Crippen LogP) is 2.89. The molecule has 0 spiro atoms. The molecule has 2 aromatic rings. The van der Waals surface area contributed by atoms with Gasteiger partial charge < -0.3 is 11.1 Å². The first-order valence-corrected chi connectivity index (χ1v) is 8.32. The van der Waals surface area contributed by atoms with Crippen molar-refractivity contribution >= 4 is 28.8 Å². The molecule has 1 aromatic carbocycles. The van der Waals surface area contributed by atoms with Crippen molar-refractivity contribution in [1.82, 2.24) is 10.3 Å². The number of amides is 1. The van der Waals surface area contributed by atoms with Gasteiger partial charge in [0.2, 0.25) is 5.91 Å². The number of hydrogen-bond donors (Lipinski definition) is 2. The number of rotatable bonds is 6. The van der Waals surface area contributed by atoms with Gasteiger partial charge in [0, 0.05) is 28.9 Å². The molecule has 0 radical (unpaired) electrons. The Morgan fingerprint density at radius 2 is 2.05 bits per heavy atom. The van der Waals surface area contributed by atoms with Crippen LogP contribution >= 0.6 is 22.9 Å². The number of aromatic nitrogens is 1. The van der Waals surface area contributed by atoms with Crippen molar-refractivity contribution in [2.75, 3.05) is 6.54 Å². The van der Waals surface area contributed by atoms with Gasteiger partial charge in [0.15, 0.2) is 0 Å². The Bertz CT molecular complexity index is 637. The molecule has 1 aromatic heterocycles. The highest BCUT2D eigenvalue weighted by molar-refractivity contribution is 7.09. The zero-order valence-corrected chi connectivity index (χ0v) is 14.3. The molecule has 0 saturated heterocycles. The molecule has 6 heteroatoms. The molecule has 0 aliphatic carbocycles. The molecule has 0 fully saturated rings. The van der Waals surface area contributed by atoms with E-state index in [2.05, 4.69) is 24.1 Å². The Morgan fingerprint density at radius 1 is 1.36 bits per heavy atom. The van der Waals surface area contributed by atoms with Crippen LogP contribution in [0.3, 0.4) is 0 Å². The normalized spacial score (nSPS) is 11.5. The smallest absolute Gasteiger partial charge is 0.226 e. The molecular weight excluding hydrogens is 318 g/mol. The summed E-state index contributed by atoms with van der Waals surface area (Å²) in [7, 11) is 0. The summed E-state index contributed by atoms with van der Waals surface area (Å²) in [6, 6.07) is 7.71. The maximum absolute atomic E-state index is 12.0. The second kappa shape index (κ2) is 7.22. The minimum atomic E-state index is -0.162. The summed E-state index contributed by atoms with van der Waals surface area (Å²) in [5, 5.41) is 6.42. The van der Waals surface area contributed by atoms with Crippen LogP contribution in [0.15, 0.2) is 29.6 Å². The van der Waals surface area contributed by atoms with E-state index < -0.39 is 0 Å². The van der Waals surface area contributed by atoms with Crippen LogP contribution in [0.2, 0.25) is 5.02 Å². The highest BCUT2D eigenvalue weighted by atomic mass is 35.5. The lowest BCUT2D eigenvalue weighted by Gasteiger charge is -2.25.